The first-order valence-electron chi connectivity index (χ1n) is 7.38. The Labute approximate surface area is 138 Å². The van der Waals surface area contributed by atoms with Crippen molar-refractivity contribution in [3.05, 3.63) is 71.0 Å². The van der Waals surface area contributed by atoms with Crippen molar-refractivity contribution in [3.8, 4) is 5.75 Å². The Morgan fingerprint density at radius 2 is 1.83 bits per heavy atom. The van der Waals surface area contributed by atoms with E-state index in [2.05, 4.69) is 15.5 Å². The van der Waals surface area contributed by atoms with Crippen LogP contribution in [0.4, 0.5) is 0 Å². The van der Waals surface area contributed by atoms with Gasteiger partial charge in [0.25, 0.3) is 0 Å². The van der Waals surface area contributed by atoms with Crippen molar-refractivity contribution >= 4 is 5.97 Å². The number of aromatic nitrogens is 4. The zero-order chi connectivity index (χ0) is 16.9. The van der Waals surface area contributed by atoms with E-state index in [0.717, 1.165) is 16.9 Å². The molecule has 0 saturated heterocycles. The number of rotatable bonds is 6. The maximum absolute atomic E-state index is 10.9. The van der Waals surface area contributed by atoms with E-state index >= 15 is 0 Å². The molecule has 1 N–H and O–H groups in total. The van der Waals surface area contributed by atoms with Crippen molar-refractivity contribution in [1.29, 1.82) is 0 Å². The van der Waals surface area contributed by atoms with Gasteiger partial charge < -0.3 is 9.84 Å². The molecular weight excluding hydrogens is 308 g/mol. The molecule has 3 aromatic rings. The molecule has 7 heteroatoms. The second-order valence-electron chi connectivity index (χ2n) is 5.36. The van der Waals surface area contributed by atoms with Crippen LogP contribution in [0, 0.1) is 6.92 Å². The Morgan fingerprint density at radius 1 is 1.12 bits per heavy atom. The summed E-state index contributed by atoms with van der Waals surface area (Å²) in [6.45, 7) is 2.71. The third kappa shape index (κ3) is 3.75. The van der Waals surface area contributed by atoms with Gasteiger partial charge in [-0.15, -0.1) is 5.10 Å². The number of nitrogens with zero attached hydrogens (tertiary/aromatic N) is 4. The standard InChI is InChI=1S/C17H16N4O3/c1-12-2-8-15(9-3-12)24-11-16-18-19-20-21(16)10-13-4-6-14(7-5-13)17(22)23/h2-9H,10-11H2,1H3,(H,22,23). The molecule has 122 valence electrons. The van der Waals surface area contributed by atoms with Gasteiger partial charge in [-0.05, 0) is 47.2 Å². The predicted molar refractivity (Wildman–Crippen MR) is 85.8 cm³/mol. The third-order valence-corrected chi connectivity index (χ3v) is 3.53. The predicted octanol–water partition coefficient (Wildman–Crippen LogP) is 2.31. The number of tetrazole rings is 1. The lowest BCUT2D eigenvalue weighted by Gasteiger charge is -2.07. The molecule has 1 heterocycles. The van der Waals surface area contributed by atoms with Gasteiger partial charge in [-0.1, -0.05) is 29.8 Å². The number of ether oxygens (including phenoxy) is 1. The zero-order valence-electron chi connectivity index (χ0n) is 13.1. The Kier molecular flexibility index (Phi) is 4.51. The molecule has 0 bridgehead atoms. The first-order chi connectivity index (χ1) is 11.6. The number of carbonyl (C=O) groups is 1. The second-order valence-corrected chi connectivity index (χ2v) is 5.36. The highest BCUT2D eigenvalue weighted by Crippen LogP contribution is 2.13. The highest BCUT2D eigenvalue weighted by Gasteiger charge is 2.09. The summed E-state index contributed by atoms with van der Waals surface area (Å²) in [5, 5.41) is 20.5. The summed E-state index contributed by atoms with van der Waals surface area (Å²) in [4.78, 5) is 10.9. The fourth-order valence-electron chi connectivity index (χ4n) is 2.16. The lowest BCUT2D eigenvalue weighted by molar-refractivity contribution is 0.0697. The fourth-order valence-corrected chi connectivity index (χ4v) is 2.16. The molecule has 0 aliphatic rings. The highest BCUT2D eigenvalue weighted by atomic mass is 16.5. The van der Waals surface area contributed by atoms with Gasteiger partial charge in [0.05, 0.1) is 12.1 Å². The van der Waals surface area contributed by atoms with E-state index in [9.17, 15) is 4.79 Å². The molecule has 0 atom stereocenters. The van der Waals surface area contributed by atoms with E-state index < -0.39 is 5.97 Å². The van der Waals surface area contributed by atoms with E-state index in [1.165, 1.54) is 0 Å². The van der Waals surface area contributed by atoms with E-state index in [1.807, 2.05) is 31.2 Å². The maximum atomic E-state index is 10.9. The molecule has 7 nitrogen and oxygen atoms in total. The first-order valence-corrected chi connectivity index (χ1v) is 7.38. The smallest absolute Gasteiger partial charge is 0.335 e. The van der Waals surface area contributed by atoms with Crippen molar-refractivity contribution in [2.75, 3.05) is 0 Å². The van der Waals surface area contributed by atoms with Crippen LogP contribution in [0.2, 0.25) is 0 Å². The van der Waals surface area contributed by atoms with Crippen molar-refractivity contribution in [1.82, 2.24) is 20.2 Å². The lowest BCUT2D eigenvalue weighted by Crippen LogP contribution is -2.10. The summed E-state index contributed by atoms with van der Waals surface area (Å²) in [6.07, 6.45) is 0. The second kappa shape index (κ2) is 6.91. The van der Waals surface area contributed by atoms with Gasteiger partial charge in [-0.25, -0.2) is 9.48 Å². The average Bonchev–Trinajstić information content (AvgIpc) is 3.02. The number of aryl methyl sites for hydroxylation is 1. The summed E-state index contributed by atoms with van der Waals surface area (Å²) < 4.78 is 7.32. The summed E-state index contributed by atoms with van der Waals surface area (Å²) >= 11 is 0. The summed E-state index contributed by atoms with van der Waals surface area (Å²) in [5.74, 6) is 0.398. The van der Waals surface area contributed by atoms with E-state index in [0.29, 0.717) is 12.4 Å². The van der Waals surface area contributed by atoms with Crippen LogP contribution in [0.3, 0.4) is 0 Å². The van der Waals surface area contributed by atoms with Gasteiger partial charge in [0.15, 0.2) is 5.82 Å². The number of benzene rings is 2. The van der Waals surface area contributed by atoms with Gasteiger partial charge in [0.2, 0.25) is 0 Å². The summed E-state index contributed by atoms with van der Waals surface area (Å²) in [6, 6.07) is 14.4. The summed E-state index contributed by atoms with van der Waals surface area (Å²) in [5.41, 5.74) is 2.32. The molecule has 3 rings (SSSR count). The van der Waals surface area contributed by atoms with Crippen molar-refractivity contribution in [3.63, 3.8) is 0 Å². The quantitative estimate of drug-likeness (QED) is 0.748. The van der Waals surface area contributed by atoms with Crippen molar-refractivity contribution in [2.24, 2.45) is 0 Å². The minimum Gasteiger partial charge on any atom is -0.486 e. The maximum Gasteiger partial charge on any atom is 0.335 e. The monoisotopic (exact) mass is 324 g/mol. The lowest BCUT2D eigenvalue weighted by atomic mass is 10.1. The molecule has 0 unspecified atom stereocenters. The topological polar surface area (TPSA) is 90.1 Å². The van der Waals surface area contributed by atoms with Gasteiger partial charge in [0, 0.05) is 0 Å². The Hall–Kier alpha value is -3.22. The molecule has 0 aliphatic heterocycles. The minimum absolute atomic E-state index is 0.249. The molecule has 2 aromatic carbocycles. The van der Waals surface area contributed by atoms with Crippen LogP contribution in [0.25, 0.3) is 0 Å². The summed E-state index contributed by atoms with van der Waals surface area (Å²) in [7, 11) is 0. The molecule has 1 aromatic heterocycles. The molecule has 0 aliphatic carbocycles. The van der Waals surface area contributed by atoms with E-state index in [1.54, 1.807) is 28.9 Å². The van der Waals surface area contributed by atoms with Crippen molar-refractivity contribution in [2.45, 2.75) is 20.1 Å². The molecule has 0 spiro atoms. The van der Waals surface area contributed by atoms with Crippen molar-refractivity contribution < 1.29 is 14.6 Å². The molecule has 0 saturated carbocycles. The number of carboxylic acids is 1. The van der Waals surface area contributed by atoms with Crippen LogP contribution in [0.5, 0.6) is 5.75 Å². The number of carboxylic acid groups (broad SMARTS) is 1. The zero-order valence-corrected chi connectivity index (χ0v) is 13.1. The van der Waals surface area contributed by atoms with Gasteiger partial charge in [-0.2, -0.15) is 0 Å². The molecular formula is C17H16N4O3. The van der Waals surface area contributed by atoms with Gasteiger partial charge >= 0.3 is 5.97 Å². The van der Waals surface area contributed by atoms with Gasteiger partial charge in [-0.3, -0.25) is 0 Å². The van der Waals surface area contributed by atoms with E-state index in [4.69, 9.17) is 9.84 Å². The Morgan fingerprint density at radius 3 is 2.50 bits per heavy atom. The van der Waals surface area contributed by atoms with Crippen LogP contribution in [-0.4, -0.2) is 31.3 Å². The first kappa shape index (κ1) is 15.7. The van der Waals surface area contributed by atoms with Crippen LogP contribution in [0.15, 0.2) is 48.5 Å². The number of hydrogen-bond acceptors (Lipinski definition) is 5. The average molecular weight is 324 g/mol. The fraction of sp³-hybridized carbons (Fsp3) is 0.176. The number of hydrogen-bond donors (Lipinski definition) is 1. The number of aromatic carboxylic acids is 1. The third-order valence-electron chi connectivity index (χ3n) is 3.53. The normalized spacial score (nSPS) is 10.5. The largest absolute Gasteiger partial charge is 0.486 e. The van der Waals surface area contributed by atoms with Crippen LogP contribution in [0.1, 0.15) is 27.3 Å². The minimum atomic E-state index is -0.948. The van der Waals surface area contributed by atoms with Gasteiger partial charge in [0.1, 0.15) is 12.4 Å². The SMILES string of the molecule is Cc1ccc(OCc2nnnn2Cc2ccc(C(=O)O)cc2)cc1. The Bertz CT molecular complexity index is 826. The molecule has 0 amide bonds. The Balaban J connectivity index is 1.66. The molecule has 24 heavy (non-hydrogen) atoms. The van der Waals surface area contributed by atoms with Crippen LogP contribution < -0.4 is 4.74 Å². The van der Waals surface area contributed by atoms with Crippen LogP contribution in [-0.2, 0) is 13.2 Å². The molecule has 0 radical (unpaired) electrons. The van der Waals surface area contributed by atoms with E-state index in [-0.39, 0.29) is 12.2 Å². The highest BCUT2D eigenvalue weighted by molar-refractivity contribution is 5.87. The van der Waals surface area contributed by atoms with Crippen LogP contribution >= 0.6 is 0 Å². The molecule has 0 fully saturated rings.